The first-order valence-corrected chi connectivity index (χ1v) is 8.36. The van der Waals surface area contributed by atoms with Gasteiger partial charge < -0.3 is 20.5 Å². The molecule has 1 atom stereocenters. The topological polar surface area (TPSA) is 132 Å². The molecule has 0 bridgehead atoms. The van der Waals surface area contributed by atoms with Crippen molar-refractivity contribution in [3.63, 3.8) is 0 Å². The maximum Gasteiger partial charge on any atom is 0.312 e. The van der Waals surface area contributed by atoms with Crippen LogP contribution in [-0.4, -0.2) is 38.1 Å². The van der Waals surface area contributed by atoms with Gasteiger partial charge in [-0.15, -0.1) is 0 Å². The van der Waals surface area contributed by atoms with Gasteiger partial charge in [-0.1, -0.05) is 30.3 Å². The van der Waals surface area contributed by atoms with Gasteiger partial charge in [-0.2, -0.15) is 0 Å². The molecule has 4 amide bonds. The summed E-state index contributed by atoms with van der Waals surface area (Å²) in [6, 6.07) is 11.9. The van der Waals surface area contributed by atoms with Crippen LogP contribution in [0.15, 0.2) is 48.5 Å². The zero-order chi connectivity index (χ0) is 20.5. The maximum absolute atomic E-state index is 12.4. The van der Waals surface area contributed by atoms with Crippen LogP contribution in [0.5, 0.6) is 11.5 Å². The van der Waals surface area contributed by atoms with Crippen molar-refractivity contribution in [1.82, 2.24) is 16.2 Å². The second-order valence-electron chi connectivity index (χ2n) is 5.80. The van der Waals surface area contributed by atoms with Crippen LogP contribution in [0.4, 0.5) is 4.79 Å². The minimum absolute atomic E-state index is 0.207. The van der Waals surface area contributed by atoms with E-state index in [4.69, 9.17) is 15.2 Å². The number of hydrogen-bond acceptors (Lipinski definition) is 5. The number of nitrogens with two attached hydrogens (primary N) is 1. The second kappa shape index (κ2) is 9.81. The van der Waals surface area contributed by atoms with Crippen molar-refractivity contribution in [3.8, 4) is 11.5 Å². The van der Waals surface area contributed by atoms with Gasteiger partial charge in [0.25, 0.3) is 11.8 Å². The molecule has 148 valence electrons. The summed E-state index contributed by atoms with van der Waals surface area (Å²) in [6.45, 7) is 0. The molecule has 0 spiro atoms. The molecule has 0 radical (unpaired) electrons. The lowest BCUT2D eigenvalue weighted by Gasteiger charge is -2.18. The standard InChI is InChI=1S/C19H22N4O5/c1-27-14-9-13(10-15(11-14)28-2)17(24)22-23-18(25)16(21-19(20)26)8-12-6-4-3-5-7-12/h3-7,9-11,16H,8H2,1-2H3,(H,22,24)(H,23,25)(H3,20,21,26). The monoisotopic (exact) mass is 386 g/mol. The number of benzene rings is 2. The largest absolute Gasteiger partial charge is 0.497 e. The van der Waals surface area contributed by atoms with Crippen LogP contribution in [0.3, 0.4) is 0 Å². The van der Waals surface area contributed by atoms with E-state index in [0.29, 0.717) is 11.5 Å². The highest BCUT2D eigenvalue weighted by Gasteiger charge is 2.21. The summed E-state index contributed by atoms with van der Waals surface area (Å²) in [5, 5.41) is 2.36. The third-order valence-electron chi connectivity index (χ3n) is 3.83. The number of nitrogens with one attached hydrogen (secondary N) is 3. The number of amides is 4. The second-order valence-corrected chi connectivity index (χ2v) is 5.80. The molecule has 0 aromatic heterocycles. The van der Waals surface area contributed by atoms with Crippen molar-refractivity contribution >= 4 is 17.8 Å². The van der Waals surface area contributed by atoms with Crippen LogP contribution in [0.2, 0.25) is 0 Å². The predicted octanol–water partition coefficient (Wildman–Crippen LogP) is 0.744. The Morgan fingerprint density at radius 1 is 0.964 bits per heavy atom. The number of hydrazine groups is 1. The first-order valence-electron chi connectivity index (χ1n) is 8.36. The van der Waals surface area contributed by atoms with E-state index < -0.39 is 23.9 Å². The average Bonchev–Trinajstić information content (AvgIpc) is 2.71. The number of carbonyl (C=O) groups excluding carboxylic acids is 3. The van der Waals surface area contributed by atoms with Crippen LogP contribution >= 0.6 is 0 Å². The van der Waals surface area contributed by atoms with Gasteiger partial charge >= 0.3 is 6.03 Å². The van der Waals surface area contributed by atoms with E-state index in [-0.39, 0.29) is 12.0 Å². The molecule has 2 aromatic rings. The Kier molecular flexibility index (Phi) is 7.21. The van der Waals surface area contributed by atoms with Crippen molar-refractivity contribution in [3.05, 3.63) is 59.7 Å². The quantitative estimate of drug-likeness (QED) is 0.521. The van der Waals surface area contributed by atoms with E-state index in [9.17, 15) is 14.4 Å². The van der Waals surface area contributed by atoms with Crippen LogP contribution in [0.25, 0.3) is 0 Å². The molecular weight excluding hydrogens is 364 g/mol. The summed E-state index contributed by atoms with van der Waals surface area (Å²) >= 11 is 0. The van der Waals surface area contributed by atoms with E-state index in [1.807, 2.05) is 30.3 Å². The molecule has 0 aliphatic carbocycles. The van der Waals surface area contributed by atoms with E-state index in [1.54, 1.807) is 6.07 Å². The predicted molar refractivity (Wildman–Crippen MR) is 102 cm³/mol. The van der Waals surface area contributed by atoms with Gasteiger partial charge in [-0.25, -0.2) is 4.79 Å². The Labute approximate surface area is 162 Å². The zero-order valence-corrected chi connectivity index (χ0v) is 15.5. The number of ether oxygens (including phenoxy) is 2. The Bertz CT molecular complexity index is 819. The zero-order valence-electron chi connectivity index (χ0n) is 15.5. The molecule has 9 nitrogen and oxygen atoms in total. The molecule has 2 aromatic carbocycles. The molecule has 5 N–H and O–H groups in total. The van der Waals surface area contributed by atoms with Crippen LogP contribution in [-0.2, 0) is 11.2 Å². The average molecular weight is 386 g/mol. The fraction of sp³-hybridized carbons (Fsp3) is 0.211. The lowest BCUT2D eigenvalue weighted by atomic mass is 10.1. The summed E-state index contributed by atoms with van der Waals surface area (Å²) in [6.07, 6.45) is 0.207. The third-order valence-corrected chi connectivity index (χ3v) is 3.83. The molecule has 0 saturated heterocycles. The van der Waals surface area contributed by atoms with Crippen molar-refractivity contribution in [2.75, 3.05) is 14.2 Å². The van der Waals surface area contributed by atoms with Gasteiger partial charge in [0.2, 0.25) is 0 Å². The maximum atomic E-state index is 12.4. The smallest absolute Gasteiger partial charge is 0.312 e. The lowest BCUT2D eigenvalue weighted by molar-refractivity contribution is -0.123. The van der Waals surface area contributed by atoms with E-state index in [2.05, 4.69) is 16.2 Å². The van der Waals surface area contributed by atoms with Crippen molar-refractivity contribution in [1.29, 1.82) is 0 Å². The summed E-state index contributed by atoms with van der Waals surface area (Å²) in [7, 11) is 2.92. The first-order chi connectivity index (χ1) is 13.4. The Morgan fingerprint density at radius 3 is 2.11 bits per heavy atom. The molecule has 0 saturated carbocycles. The summed E-state index contributed by atoms with van der Waals surface area (Å²) in [5.74, 6) is -0.352. The van der Waals surface area contributed by atoms with E-state index >= 15 is 0 Å². The Morgan fingerprint density at radius 2 is 1.57 bits per heavy atom. The van der Waals surface area contributed by atoms with Crippen molar-refractivity contribution in [2.45, 2.75) is 12.5 Å². The highest BCUT2D eigenvalue weighted by molar-refractivity contribution is 5.97. The van der Waals surface area contributed by atoms with Crippen LogP contribution < -0.4 is 31.4 Å². The number of rotatable bonds is 7. The van der Waals surface area contributed by atoms with Crippen molar-refractivity contribution in [2.24, 2.45) is 5.73 Å². The fourth-order valence-electron chi connectivity index (χ4n) is 2.45. The van der Waals surface area contributed by atoms with Crippen LogP contribution in [0, 0.1) is 0 Å². The number of primary amides is 1. The van der Waals surface area contributed by atoms with Crippen molar-refractivity contribution < 1.29 is 23.9 Å². The molecule has 1 unspecified atom stereocenters. The normalized spacial score (nSPS) is 11.1. The highest BCUT2D eigenvalue weighted by Crippen LogP contribution is 2.22. The Hall–Kier alpha value is -3.75. The van der Waals surface area contributed by atoms with Gasteiger partial charge in [0.05, 0.1) is 14.2 Å². The van der Waals surface area contributed by atoms with Gasteiger partial charge in [0, 0.05) is 18.1 Å². The van der Waals surface area contributed by atoms with E-state index in [0.717, 1.165) is 5.56 Å². The minimum Gasteiger partial charge on any atom is -0.497 e. The highest BCUT2D eigenvalue weighted by atomic mass is 16.5. The molecule has 0 heterocycles. The molecule has 2 rings (SSSR count). The first kappa shape index (κ1) is 20.6. The van der Waals surface area contributed by atoms with Crippen LogP contribution in [0.1, 0.15) is 15.9 Å². The van der Waals surface area contributed by atoms with E-state index in [1.165, 1.54) is 26.4 Å². The molecule has 9 heteroatoms. The number of methoxy groups -OCH3 is 2. The lowest BCUT2D eigenvalue weighted by Crippen LogP contribution is -2.54. The number of hydrogen-bond donors (Lipinski definition) is 4. The summed E-state index contributed by atoms with van der Waals surface area (Å²) in [4.78, 5) is 36.0. The Balaban J connectivity index is 2.04. The molecular formula is C19H22N4O5. The molecule has 28 heavy (non-hydrogen) atoms. The fourth-order valence-corrected chi connectivity index (χ4v) is 2.45. The van der Waals surface area contributed by atoms with Gasteiger partial charge in [0.1, 0.15) is 17.5 Å². The third kappa shape index (κ3) is 5.90. The SMILES string of the molecule is COc1cc(OC)cc(C(=O)NNC(=O)C(Cc2ccccc2)NC(N)=O)c1. The summed E-state index contributed by atoms with van der Waals surface area (Å²) in [5.41, 5.74) is 10.8. The van der Waals surface area contributed by atoms with Gasteiger partial charge in [-0.3, -0.25) is 20.4 Å². The number of urea groups is 1. The molecule has 0 aliphatic heterocycles. The summed E-state index contributed by atoms with van der Waals surface area (Å²) < 4.78 is 10.2. The minimum atomic E-state index is -0.958. The molecule has 0 aliphatic rings. The van der Waals surface area contributed by atoms with Gasteiger partial charge in [-0.05, 0) is 17.7 Å². The molecule has 0 fully saturated rings. The number of carbonyl (C=O) groups is 3. The van der Waals surface area contributed by atoms with Gasteiger partial charge in [0.15, 0.2) is 0 Å².